The molecule has 0 aromatic heterocycles. The van der Waals surface area contributed by atoms with Crippen molar-refractivity contribution in [3.63, 3.8) is 0 Å². The third kappa shape index (κ3) is 3.74. The summed E-state index contributed by atoms with van der Waals surface area (Å²) in [5, 5.41) is 9.53. The zero-order valence-corrected chi connectivity index (χ0v) is 17.9. The molecule has 1 N–H and O–H groups in total. The Hall–Kier alpha value is -2.68. The lowest BCUT2D eigenvalue weighted by Gasteiger charge is -2.17. The molecule has 2 amide bonds. The number of thiocarbonyl (C=S) groups is 1. The fourth-order valence-electron chi connectivity index (χ4n) is 3.38. The van der Waals surface area contributed by atoms with Crippen molar-refractivity contribution in [1.82, 2.24) is 4.90 Å². The highest BCUT2D eigenvalue weighted by atomic mass is 35.5. The molecule has 0 bridgehead atoms. The molecular weight excluding hydrogens is 444 g/mol. The molecule has 152 valence electrons. The van der Waals surface area contributed by atoms with Crippen LogP contribution in [0.4, 0.5) is 5.69 Å². The van der Waals surface area contributed by atoms with E-state index in [4.69, 9.17) is 28.9 Å². The quantitative estimate of drug-likeness (QED) is 0.540. The van der Waals surface area contributed by atoms with Gasteiger partial charge in [-0.2, -0.15) is 0 Å². The SMILES string of the molecule is O=C(O)CCN1C(=O)/C(=C2\C(=O)N(Cc3ccc(Cl)cc3)c3ccccc32)SC1=S. The first-order valence-electron chi connectivity index (χ1n) is 9.02. The molecule has 0 atom stereocenters. The molecule has 0 radical (unpaired) electrons. The van der Waals surface area contributed by atoms with E-state index in [2.05, 4.69) is 0 Å². The van der Waals surface area contributed by atoms with Gasteiger partial charge in [0.2, 0.25) is 0 Å². The van der Waals surface area contributed by atoms with E-state index in [-0.39, 0.29) is 28.1 Å². The van der Waals surface area contributed by atoms with Crippen LogP contribution in [0.25, 0.3) is 5.57 Å². The Morgan fingerprint density at radius 3 is 2.43 bits per heavy atom. The number of carboxylic acid groups (broad SMARTS) is 1. The molecule has 0 spiro atoms. The second-order valence-electron chi connectivity index (χ2n) is 6.71. The topological polar surface area (TPSA) is 77.9 Å². The van der Waals surface area contributed by atoms with Gasteiger partial charge in [0.05, 0.1) is 29.1 Å². The van der Waals surface area contributed by atoms with Gasteiger partial charge in [-0.25, -0.2) is 0 Å². The molecule has 2 aromatic rings. The summed E-state index contributed by atoms with van der Waals surface area (Å²) in [5.41, 5.74) is 2.58. The van der Waals surface area contributed by atoms with Crippen molar-refractivity contribution in [3.05, 3.63) is 69.6 Å². The van der Waals surface area contributed by atoms with E-state index in [0.29, 0.717) is 28.4 Å². The summed E-state index contributed by atoms with van der Waals surface area (Å²) in [6.45, 7) is 0.303. The highest BCUT2D eigenvalue weighted by Gasteiger charge is 2.41. The Kier molecular flexibility index (Phi) is 5.64. The number of carbonyl (C=O) groups excluding carboxylic acids is 2. The molecule has 2 aliphatic rings. The maximum absolute atomic E-state index is 13.4. The van der Waals surface area contributed by atoms with Crippen molar-refractivity contribution in [2.45, 2.75) is 13.0 Å². The summed E-state index contributed by atoms with van der Waals surface area (Å²) >= 11 is 12.3. The molecule has 0 saturated carbocycles. The average molecular weight is 459 g/mol. The minimum absolute atomic E-state index is 0.0267. The molecule has 1 fully saturated rings. The van der Waals surface area contributed by atoms with Crippen molar-refractivity contribution < 1.29 is 19.5 Å². The van der Waals surface area contributed by atoms with Gasteiger partial charge in [0, 0.05) is 17.1 Å². The third-order valence-corrected chi connectivity index (χ3v) is 6.50. The van der Waals surface area contributed by atoms with Gasteiger partial charge in [0.15, 0.2) is 0 Å². The maximum Gasteiger partial charge on any atom is 0.305 e. The van der Waals surface area contributed by atoms with Crippen LogP contribution in [0.2, 0.25) is 5.02 Å². The van der Waals surface area contributed by atoms with E-state index in [9.17, 15) is 14.4 Å². The fraction of sp³-hybridized carbons (Fsp3) is 0.143. The van der Waals surface area contributed by atoms with Gasteiger partial charge in [-0.3, -0.25) is 19.3 Å². The minimum Gasteiger partial charge on any atom is -0.481 e. The van der Waals surface area contributed by atoms with Crippen molar-refractivity contribution in [2.75, 3.05) is 11.4 Å². The predicted octanol–water partition coefficient (Wildman–Crippen LogP) is 3.93. The summed E-state index contributed by atoms with van der Waals surface area (Å²) in [5.74, 6) is -1.74. The molecule has 2 heterocycles. The molecule has 0 aliphatic carbocycles. The van der Waals surface area contributed by atoms with Gasteiger partial charge in [-0.15, -0.1) is 0 Å². The van der Waals surface area contributed by atoms with Gasteiger partial charge in [0.1, 0.15) is 4.32 Å². The first kappa shape index (κ1) is 20.6. The van der Waals surface area contributed by atoms with Crippen LogP contribution in [-0.2, 0) is 20.9 Å². The smallest absolute Gasteiger partial charge is 0.305 e. The summed E-state index contributed by atoms with van der Waals surface area (Å²) in [7, 11) is 0. The highest BCUT2D eigenvalue weighted by molar-refractivity contribution is 8.26. The molecule has 6 nitrogen and oxygen atoms in total. The number of halogens is 1. The van der Waals surface area contributed by atoms with Crippen LogP contribution in [0.15, 0.2) is 53.4 Å². The maximum atomic E-state index is 13.4. The van der Waals surface area contributed by atoms with Crippen LogP contribution in [0.1, 0.15) is 17.5 Å². The normalized spacial score (nSPS) is 18.4. The lowest BCUT2D eigenvalue weighted by molar-refractivity contribution is -0.137. The van der Waals surface area contributed by atoms with Crippen LogP contribution >= 0.6 is 35.6 Å². The molecule has 0 unspecified atom stereocenters. The number of nitrogens with zero attached hydrogens (tertiary/aromatic N) is 2. The van der Waals surface area contributed by atoms with Gasteiger partial charge in [-0.05, 0) is 23.8 Å². The number of fused-ring (bicyclic) bond motifs is 1. The van der Waals surface area contributed by atoms with Gasteiger partial charge >= 0.3 is 5.97 Å². The predicted molar refractivity (Wildman–Crippen MR) is 120 cm³/mol. The third-order valence-electron chi connectivity index (χ3n) is 4.80. The molecule has 4 rings (SSSR count). The lowest BCUT2D eigenvalue weighted by Crippen LogP contribution is -2.31. The number of rotatable bonds is 5. The van der Waals surface area contributed by atoms with Gasteiger partial charge in [-0.1, -0.05) is 65.9 Å². The highest BCUT2D eigenvalue weighted by Crippen LogP contribution is 2.45. The monoisotopic (exact) mass is 458 g/mol. The molecular formula is C21H15ClN2O4S2. The van der Waals surface area contributed by atoms with E-state index in [0.717, 1.165) is 17.3 Å². The lowest BCUT2D eigenvalue weighted by atomic mass is 10.1. The summed E-state index contributed by atoms with van der Waals surface area (Å²) in [6, 6.07) is 14.5. The zero-order valence-electron chi connectivity index (χ0n) is 15.5. The number of benzene rings is 2. The van der Waals surface area contributed by atoms with Crippen molar-refractivity contribution in [2.24, 2.45) is 0 Å². The summed E-state index contributed by atoms with van der Waals surface area (Å²) in [6.07, 6.45) is -0.220. The van der Waals surface area contributed by atoms with Crippen LogP contribution < -0.4 is 4.90 Å². The first-order valence-corrected chi connectivity index (χ1v) is 10.6. The number of hydrogen-bond donors (Lipinski definition) is 1. The number of amides is 2. The summed E-state index contributed by atoms with van der Waals surface area (Å²) < 4.78 is 0.255. The van der Waals surface area contributed by atoms with E-state index in [1.807, 2.05) is 30.3 Å². The largest absolute Gasteiger partial charge is 0.481 e. The number of para-hydroxylation sites is 1. The average Bonchev–Trinajstić information content (AvgIpc) is 3.15. The number of aliphatic carboxylic acids is 1. The first-order chi connectivity index (χ1) is 14.4. The molecule has 2 aromatic carbocycles. The van der Waals surface area contributed by atoms with E-state index >= 15 is 0 Å². The van der Waals surface area contributed by atoms with Crippen molar-refractivity contribution in [3.8, 4) is 0 Å². The second kappa shape index (κ2) is 8.22. The van der Waals surface area contributed by atoms with Crippen LogP contribution in [0.3, 0.4) is 0 Å². The van der Waals surface area contributed by atoms with Crippen molar-refractivity contribution >= 4 is 68.9 Å². The summed E-state index contributed by atoms with van der Waals surface area (Å²) in [4.78, 5) is 40.3. The second-order valence-corrected chi connectivity index (χ2v) is 8.79. The van der Waals surface area contributed by atoms with E-state index < -0.39 is 11.9 Å². The van der Waals surface area contributed by atoms with Gasteiger partial charge in [0.25, 0.3) is 11.8 Å². The Morgan fingerprint density at radius 1 is 1.03 bits per heavy atom. The Labute approximate surface area is 187 Å². The van der Waals surface area contributed by atoms with E-state index in [1.165, 1.54) is 4.90 Å². The fourth-order valence-corrected chi connectivity index (χ4v) is 4.88. The number of thioether (sulfide) groups is 1. The van der Waals surface area contributed by atoms with Crippen LogP contribution in [0, 0.1) is 0 Å². The number of anilines is 1. The van der Waals surface area contributed by atoms with Crippen LogP contribution in [0.5, 0.6) is 0 Å². The molecule has 9 heteroatoms. The Balaban J connectivity index is 1.71. The molecule has 2 aliphatic heterocycles. The Morgan fingerprint density at radius 2 is 1.73 bits per heavy atom. The number of carboxylic acids is 1. The number of hydrogen-bond acceptors (Lipinski definition) is 5. The Bertz CT molecular complexity index is 1110. The standard InChI is InChI=1S/C21H15ClN2O4S2/c22-13-7-5-12(6-8-13)11-24-15-4-2-1-3-14(15)17(19(24)27)18-20(28)23(21(29)30-18)10-9-16(25)26/h1-8H,9-11H2,(H,25,26)/b18-17+. The molecule has 1 saturated heterocycles. The van der Waals surface area contributed by atoms with Crippen LogP contribution in [-0.4, -0.2) is 38.7 Å². The van der Waals surface area contributed by atoms with Crippen molar-refractivity contribution in [1.29, 1.82) is 0 Å². The molecule has 30 heavy (non-hydrogen) atoms. The van der Waals surface area contributed by atoms with Gasteiger partial charge < -0.3 is 10.0 Å². The zero-order chi connectivity index (χ0) is 21.4. The minimum atomic E-state index is -1.02. The van der Waals surface area contributed by atoms with E-state index in [1.54, 1.807) is 23.1 Å². The number of carbonyl (C=O) groups is 3.